The first-order valence-corrected chi connectivity index (χ1v) is 5.72. The van der Waals surface area contributed by atoms with Crippen LogP contribution in [0.25, 0.3) is 10.9 Å². The van der Waals surface area contributed by atoms with Gasteiger partial charge in [-0.05, 0) is 18.6 Å². The summed E-state index contributed by atoms with van der Waals surface area (Å²) in [5, 5.41) is 5.50. The fourth-order valence-electron chi connectivity index (χ4n) is 1.69. The van der Waals surface area contributed by atoms with Crippen LogP contribution in [0.1, 0.15) is 11.1 Å². The zero-order valence-corrected chi connectivity index (χ0v) is 9.87. The third kappa shape index (κ3) is 1.45. The van der Waals surface area contributed by atoms with E-state index in [1.807, 2.05) is 17.9 Å². The van der Waals surface area contributed by atoms with Gasteiger partial charge in [0, 0.05) is 16.9 Å². The van der Waals surface area contributed by atoms with Crippen LogP contribution < -0.4 is 0 Å². The first-order valence-electron chi connectivity index (χ1n) is 4.19. The van der Waals surface area contributed by atoms with E-state index in [0.717, 1.165) is 4.43 Å². The summed E-state index contributed by atoms with van der Waals surface area (Å²) in [5.41, 5.74) is 3.95. The summed E-state index contributed by atoms with van der Waals surface area (Å²) >= 11 is 2.39. The lowest BCUT2D eigenvalue weighted by molar-refractivity contribution is 0.794. The summed E-state index contributed by atoms with van der Waals surface area (Å²) in [4.78, 5) is 0. The molecule has 0 radical (unpaired) electrons. The Kier molecular flexibility index (Phi) is 2.27. The van der Waals surface area contributed by atoms with E-state index < -0.39 is 0 Å². The minimum absolute atomic E-state index is 1.04. The Morgan fingerprint density at radius 1 is 1.46 bits per heavy atom. The Labute approximate surface area is 91.1 Å². The molecule has 0 atom stereocenters. The number of fused-ring (bicyclic) bond motifs is 1. The molecule has 2 rings (SSSR count). The van der Waals surface area contributed by atoms with Crippen molar-refractivity contribution in [2.45, 2.75) is 11.4 Å². The number of rotatable bonds is 1. The van der Waals surface area contributed by atoms with E-state index in [0.29, 0.717) is 0 Å². The summed E-state index contributed by atoms with van der Waals surface area (Å²) in [6, 6.07) is 4.41. The molecule has 0 amide bonds. The molecule has 0 saturated carbocycles. The molecule has 0 fully saturated rings. The molecule has 1 heterocycles. The molecule has 13 heavy (non-hydrogen) atoms. The standard InChI is InChI=1S/C10H11IN2/c1-7-3-8(5-11)10-9(4-7)6-12-13(10)2/h3-4,6H,5H2,1-2H3. The molecular weight excluding hydrogens is 275 g/mol. The van der Waals surface area contributed by atoms with Gasteiger partial charge in [-0.3, -0.25) is 4.68 Å². The first kappa shape index (κ1) is 8.99. The van der Waals surface area contributed by atoms with Gasteiger partial charge in [-0.1, -0.05) is 34.2 Å². The Bertz CT molecular complexity index is 445. The van der Waals surface area contributed by atoms with Crippen molar-refractivity contribution in [2.75, 3.05) is 0 Å². The molecule has 2 nitrogen and oxygen atoms in total. The number of nitrogens with zero attached hydrogens (tertiary/aromatic N) is 2. The zero-order chi connectivity index (χ0) is 9.42. The molecule has 1 aromatic carbocycles. The summed E-state index contributed by atoms with van der Waals surface area (Å²) in [5.74, 6) is 0. The molecule has 0 unspecified atom stereocenters. The average Bonchev–Trinajstić information content (AvgIpc) is 2.46. The van der Waals surface area contributed by atoms with E-state index >= 15 is 0 Å². The Morgan fingerprint density at radius 2 is 2.23 bits per heavy atom. The molecule has 0 N–H and O–H groups in total. The second kappa shape index (κ2) is 3.29. The maximum absolute atomic E-state index is 4.26. The molecule has 0 aliphatic heterocycles. The van der Waals surface area contributed by atoms with Gasteiger partial charge in [0.2, 0.25) is 0 Å². The monoisotopic (exact) mass is 286 g/mol. The number of aryl methyl sites for hydroxylation is 2. The Balaban J connectivity index is 2.85. The van der Waals surface area contributed by atoms with Crippen LogP contribution in [-0.2, 0) is 11.5 Å². The first-order chi connectivity index (χ1) is 6.22. The summed E-state index contributed by atoms with van der Waals surface area (Å²) in [6.45, 7) is 2.13. The highest BCUT2D eigenvalue weighted by Gasteiger charge is 2.05. The fraction of sp³-hybridized carbons (Fsp3) is 0.300. The number of halogens is 1. The van der Waals surface area contributed by atoms with Gasteiger partial charge < -0.3 is 0 Å². The van der Waals surface area contributed by atoms with Crippen molar-refractivity contribution >= 4 is 33.5 Å². The largest absolute Gasteiger partial charge is 0.268 e. The number of hydrogen-bond donors (Lipinski definition) is 0. The molecule has 0 spiro atoms. The lowest BCUT2D eigenvalue weighted by Crippen LogP contribution is -1.93. The Morgan fingerprint density at radius 3 is 2.92 bits per heavy atom. The number of benzene rings is 1. The smallest absolute Gasteiger partial charge is 0.0719 e. The van der Waals surface area contributed by atoms with Gasteiger partial charge in [-0.25, -0.2) is 0 Å². The van der Waals surface area contributed by atoms with Crippen LogP contribution in [0, 0.1) is 6.92 Å². The fourth-order valence-corrected chi connectivity index (χ4v) is 2.27. The summed E-state index contributed by atoms with van der Waals surface area (Å²) < 4.78 is 2.98. The molecule has 2 aromatic rings. The van der Waals surface area contributed by atoms with Crippen molar-refractivity contribution in [2.24, 2.45) is 7.05 Å². The van der Waals surface area contributed by atoms with Crippen molar-refractivity contribution in [3.8, 4) is 0 Å². The predicted molar refractivity (Wildman–Crippen MR) is 63.2 cm³/mol. The van der Waals surface area contributed by atoms with Gasteiger partial charge in [-0.2, -0.15) is 5.10 Å². The average molecular weight is 286 g/mol. The van der Waals surface area contributed by atoms with Crippen LogP contribution >= 0.6 is 22.6 Å². The van der Waals surface area contributed by atoms with Gasteiger partial charge in [0.05, 0.1) is 11.7 Å². The lowest BCUT2D eigenvalue weighted by atomic mass is 10.1. The van der Waals surface area contributed by atoms with Gasteiger partial charge in [0.1, 0.15) is 0 Å². The van der Waals surface area contributed by atoms with E-state index in [1.54, 1.807) is 0 Å². The molecule has 0 aliphatic carbocycles. The molecule has 0 saturated heterocycles. The minimum Gasteiger partial charge on any atom is -0.268 e. The van der Waals surface area contributed by atoms with Gasteiger partial charge in [0.25, 0.3) is 0 Å². The van der Waals surface area contributed by atoms with Crippen molar-refractivity contribution < 1.29 is 0 Å². The highest BCUT2D eigenvalue weighted by molar-refractivity contribution is 14.1. The molecule has 0 aliphatic rings. The minimum atomic E-state index is 1.04. The van der Waals surface area contributed by atoms with E-state index in [4.69, 9.17) is 0 Å². The third-order valence-electron chi connectivity index (χ3n) is 2.20. The topological polar surface area (TPSA) is 17.8 Å². The molecule has 3 heteroatoms. The maximum atomic E-state index is 4.26. The predicted octanol–water partition coefficient (Wildman–Crippen LogP) is 2.82. The molecule has 1 aromatic heterocycles. The second-order valence-electron chi connectivity index (χ2n) is 3.26. The normalized spacial score (nSPS) is 11.0. The molecular formula is C10H11IN2. The number of aromatic nitrogens is 2. The summed E-state index contributed by atoms with van der Waals surface area (Å²) in [6.07, 6.45) is 1.93. The van der Waals surface area contributed by atoms with E-state index in [2.05, 4.69) is 46.7 Å². The third-order valence-corrected chi connectivity index (χ3v) is 3.02. The van der Waals surface area contributed by atoms with Crippen LogP contribution in [0.3, 0.4) is 0 Å². The molecule has 68 valence electrons. The number of alkyl halides is 1. The zero-order valence-electron chi connectivity index (χ0n) is 7.71. The van der Waals surface area contributed by atoms with Gasteiger partial charge in [-0.15, -0.1) is 0 Å². The maximum Gasteiger partial charge on any atom is 0.0719 e. The van der Waals surface area contributed by atoms with E-state index in [9.17, 15) is 0 Å². The van der Waals surface area contributed by atoms with Crippen molar-refractivity contribution in [3.63, 3.8) is 0 Å². The van der Waals surface area contributed by atoms with E-state index in [-0.39, 0.29) is 0 Å². The van der Waals surface area contributed by atoms with Crippen LogP contribution in [0.5, 0.6) is 0 Å². The highest BCUT2D eigenvalue weighted by Crippen LogP contribution is 2.22. The lowest BCUT2D eigenvalue weighted by Gasteiger charge is -2.02. The van der Waals surface area contributed by atoms with Crippen molar-refractivity contribution in [1.82, 2.24) is 9.78 Å². The van der Waals surface area contributed by atoms with Crippen molar-refractivity contribution in [3.05, 3.63) is 29.5 Å². The second-order valence-corrected chi connectivity index (χ2v) is 4.03. The highest BCUT2D eigenvalue weighted by atomic mass is 127. The Hall–Kier alpha value is -0.580. The van der Waals surface area contributed by atoms with Crippen LogP contribution in [0.4, 0.5) is 0 Å². The number of hydrogen-bond acceptors (Lipinski definition) is 1. The van der Waals surface area contributed by atoms with Gasteiger partial charge in [0.15, 0.2) is 0 Å². The van der Waals surface area contributed by atoms with Crippen molar-refractivity contribution in [1.29, 1.82) is 0 Å². The summed E-state index contributed by atoms with van der Waals surface area (Å²) in [7, 11) is 1.99. The van der Waals surface area contributed by atoms with Gasteiger partial charge >= 0.3 is 0 Å². The van der Waals surface area contributed by atoms with E-state index in [1.165, 1.54) is 22.0 Å². The van der Waals surface area contributed by atoms with Crippen LogP contribution in [-0.4, -0.2) is 9.78 Å². The van der Waals surface area contributed by atoms with Crippen LogP contribution in [0.2, 0.25) is 0 Å². The van der Waals surface area contributed by atoms with Crippen LogP contribution in [0.15, 0.2) is 18.3 Å². The molecule has 0 bridgehead atoms. The SMILES string of the molecule is Cc1cc(CI)c2c(cnn2C)c1. The quantitative estimate of drug-likeness (QED) is 0.582.